The number of rotatable bonds is 3. The van der Waals surface area contributed by atoms with Crippen LogP contribution in [0.25, 0.3) is 10.8 Å². The smallest absolute Gasteiger partial charge is 0.362 e. The normalized spacial score (nSPS) is 16.4. The average Bonchev–Trinajstić information content (AvgIpc) is 2.88. The van der Waals surface area contributed by atoms with E-state index in [1.165, 1.54) is 13.0 Å². The van der Waals surface area contributed by atoms with Gasteiger partial charge < -0.3 is 10.2 Å². The molecule has 2 aromatic carbocycles. The van der Waals surface area contributed by atoms with Gasteiger partial charge in [0, 0.05) is 23.5 Å². The summed E-state index contributed by atoms with van der Waals surface area (Å²) in [4.78, 5) is 14.4. The number of carbonyl (C=O) groups is 1. The van der Waals surface area contributed by atoms with Crippen LogP contribution in [-0.2, 0) is 16.4 Å². The van der Waals surface area contributed by atoms with Crippen LogP contribution in [0.15, 0.2) is 30.3 Å². The van der Waals surface area contributed by atoms with Crippen LogP contribution in [0, 0.1) is 13.8 Å². The second-order valence-corrected chi connectivity index (χ2v) is 8.92. The maximum absolute atomic E-state index is 13.4. The van der Waals surface area contributed by atoms with Gasteiger partial charge in [-0.1, -0.05) is 12.1 Å². The third kappa shape index (κ3) is 3.29. The lowest BCUT2D eigenvalue weighted by molar-refractivity contribution is -0.138. The van der Waals surface area contributed by atoms with Gasteiger partial charge in [-0.15, -0.1) is 5.10 Å². The molecule has 0 unspecified atom stereocenters. The van der Waals surface area contributed by atoms with Gasteiger partial charge in [0.25, 0.3) is 0 Å². The third-order valence-corrected chi connectivity index (χ3v) is 6.46. The van der Waals surface area contributed by atoms with E-state index in [1.54, 1.807) is 24.9 Å². The highest BCUT2D eigenvalue weighted by Gasteiger charge is 2.42. The van der Waals surface area contributed by atoms with Crippen molar-refractivity contribution in [1.29, 1.82) is 0 Å². The minimum absolute atomic E-state index is 0.00356. The Morgan fingerprint density at radius 2 is 1.78 bits per heavy atom. The molecule has 32 heavy (non-hydrogen) atoms. The van der Waals surface area contributed by atoms with Gasteiger partial charge in [0.05, 0.1) is 22.7 Å². The third-order valence-electron chi connectivity index (χ3n) is 6.46. The van der Waals surface area contributed by atoms with Gasteiger partial charge in [-0.25, -0.2) is 0 Å². The Kier molecular flexibility index (Phi) is 4.95. The number of nitrogens with zero attached hydrogens (tertiary/aromatic N) is 3. The summed E-state index contributed by atoms with van der Waals surface area (Å²) >= 11 is 0. The number of hydrogen-bond acceptors (Lipinski definition) is 4. The highest BCUT2D eigenvalue weighted by molar-refractivity contribution is 6.10. The van der Waals surface area contributed by atoms with Gasteiger partial charge in [0.1, 0.15) is 0 Å². The molecule has 168 valence electrons. The summed E-state index contributed by atoms with van der Waals surface area (Å²) in [6.45, 7) is 8.91. The van der Waals surface area contributed by atoms with E-state index in [9.17, 15) is 18.0 Å². The number of halogens is 3. The molecule has 0 saturated carbocycles. The molecule has 1 aliphatic heterocycles. The molecule has 0 saturated heterocycles. The molecule has 0 fully saturated rings. The Bertz CT molecular complexity index is 1250. The van der Waals surface area contributed by atoms with Gasteiger partial charge in [-0.3, -0.25) is 4.79 Å². The SMILES string of the molecule is Cc1c([C@@H](C)Nc2nnc(C)c3cc4c(cc23)N(C)C(=O)C4(C)C)cccc1C(F)(F)F. The molecule has 0 spiro atoms. The zero-order chi connectivity index (χ0) is 23.6. The Morgan fingerprint density at radius 3 is 2.44 bits per heavy atom. The maximum atomic E-state index is 13.4. The molecule has 0 aliphatic carbocycles. The fourth-order valence-corrected chi connectivity index (χ4v) is 4.56. The van der Waals surface area contributed by atoms with E-state index in [0.29, 0.717) is 17.1 Å². The fraction of sp³-hybridized carbons (Fsp3) is 0.375. The molecule has 1 aliphatic rings. The van der Waals surface area contributed by atoms with Crippen LogP contribution in [0.3, 0.4) is 0 Å². The minimum Gasteiger partial charge on any atom is -0.362 e. The van der Waals surface area contributed by atoms with E-state index < -0.39 is 23.2 Å². The monoisotopic (exact) mass is 442 g/mol. The number of benzene rings is 2. The molecule has 1 atom stereocenters. The fourth-order valence-electron chi connectivity index (χ4n) is 4.56. The molecular weight excluding hydrogens is 417 g/mol. The first-order chi connectivity index (χ1) is 14.8. The summed E-state index contributed by atoms with van der Waals surface area (Å²) in [6.07, 6.45) is -4.42. The van der Waals surface area contributed by atoms with Crippen molar-refractivity contribution in [3.63, 3.8) is 0 Å². The molecule has 0 radical (unpaired) electrons. The number of aromatic nitrogens is 2. The van der Waals surface area contributed by atoms with Gasteiger partial charge >= 0.3 is 6.18 Å². The number of alkyl halides is 3. The Morgan fingerprint density at radius 1 is 1.09 bits per heavy atom. The lowest BCUT2D eigenvalue weighted by Gasteiger charge is -2.21. The number of fused-ring (bicyclic) bond motifs is 2. The largest absolute Gasteiger partial charge is 0.416 e. The highest BCUT2D eigenvalue weighted by atomic mass is 19.4. The summed E-state index contributed by atoms with van der Waals surface area (Å²) in [5.41, 5.74) is 1.84. The van der Waals surface area contributed by atoms with Crippen LogP contribution in [0.5, 0.6) is 0 Å². The predicted molar refractivity (Wildman–Crippen MR) is 119 cm³/mol. The van der Waals surface area contributed by atoms with E-state index in [2.05, 4.69) is 15.5 Å². The number of aryl methyl sites for hydroxylation is 1. The molecule has 5 nitrogen and oxygen atoms in total. The quantitative estimate of drug-likeness (QED) is 0.566. The van der Waals surface area contributed by atoms with E-state index in [1.807, 2.05) is 32.9 Å². The molecule has 4 rings (SSSR count). The molecule has 1 N–H and O–H groups in total. The van der Waals surface area contributed by atoms with Crippen molar-refractivity contribution < 1.29 is 18.0 Å². The summed E-state index contributed by atoms with van der Waals surface area (Å²) in [5, 5.41) is 13.4. The van der Waals surface area contributed by atoms with Crippen LogP contribution < -0.4 is 10.2 Å². The van der Waals surface area contributed by atoms with Crippen LogP contribution in [-0.4, -0.2) is 23.2 Å². The van der Waals surface area contributed by atoms with Crippen molar-refractivity contribution in [3.05, 3.63) is 58.3 Å². The topological polar surface area (TPSA) is 58.1 Å². The Labute approximate surface area is 184 Å². The Balaban J connectivity index is 1.81. The van der Waals surface area contributed by atoms with E-state index in [-0.39, 0.29) is 11.5 Å². The standard InChI is InChI=1S/C24H25F3N4O/c1-12-15(8-7-9-18(12)24(25,26)27)13(2)28-21-17-11-20-19(10-16(17)14(3)29-30-21)23(4,5)22(32)31(20)6/h7-11,13H,1-6H3,(H,28,30)/t13-/m1/s1. The van der Waals surface area contributed by atoms with Crippen LogP contribution in [0.2, 0.25) is 0 Å². The van der Waals surface area contributed by atoms with Crippen molar-refractivity contribution in [3.8, 4) is 0 Å². The van der Waals surface area contributed by atoms with Gasteiger partial charge in [-0.2, -0.15) is 18.3 Å². The molecule has 3 aromatic rings. The van der Waals surface area contributed by atoms with Gasteiger partial charge in [0.2, 0.25) is 5.91 Å². The summed E-state index contributed by atoms with van der Waals surface area (Å²) in [5.74, 6) is 0.465. The minimum atomic E-state index is -4.42. The second kappa shape index (κ2) is 7.18. The predicted octanol–water partition coefficient (Wildman–Crippen LogP) is 5.69. The van der Waals surface area contributed by atoms with Crippen molar-refractivity contribution >= 4 is 28.2 Å². The summed E-state index contributed by atoms with van der Waals surface area (Å²) in [7, 11) is 1.74. The number of nitrogens with one attached hydrogen (secondary N) is 1. The average molecular weight is 442 g/mol. The van der Waals surface area contributed by atoms with E-state index in [0.717, 1.165) is 28.1 Å². The van der Waals surface area contributed by atoms with Crippen molar-refractivity contribution in [2.24, 2.45) is 0 Å². The van der Waals surface area contributed by atoms with Gasteiger partial charge in [-0.05, 0) is 69.5 Å². The Hall–Kier alpha value is -3.16. The lowest BCUT2D eigenvalue weighted by atomic mass is 9.85. The van der Waals surface area contributed by atoms with E-state index in [4.69, 9.17) is 0 Å². The van der Waals surface area contributed by atoms with Crippen molar-refractivity contribution in [2.45, 2.75) is 52.3 Å². The number of amides is 1. The van der Waals surface area contributed by atoms with Crippen LogP contribution in [0.4, 0.5) is 24.7 Å². The van der Waals surface area contributed by atoms with Crippen molar-refractivity contribution in [1.82, 2.24) is 10.2 Å². The number of likely N-dealkylation sites (N-methyl/N-ethyl adjacent to an activating group) is 1. The van der Waals surface area contributed by atoms with Crippen LogP contribution >= 0.6 is 0 Å². The zero-order valence-electron chi connectivity index (χ0n) is 18.8. The summed E-state index contributed by atoms with van der Waals surface area (Å²) < 4.78 is 40.1. The first-order valence-corrected chi connectivity index (χ1v) is 10.4. The zero-order valence-corrected chi connectivity index (χ0v) is 18.8. The maximum Gasteiger partial charge on any atom is 0.416 e. The molecule has 1 aromatic heterocycles. The van der Waals surface area contributed by atoms with Crippen molar-refractivity contribution in [2.75, 3.05) is 17.3 Å². The number of anilines is 2. The molecule has 1 amide bonds. The van der Waals surface area contributed by atoms with Crippen LogP contribution in [0.1, 0.15) is 54.8 Å². The molecule has 0 bridgehead atoms. The van der Waals surface area contributed by atoms with Gasteiger partial charge in [0.15, 0.2) is 5.82 Å². The number of carbonyl (C=O) groups excluding carboxylic acids is 1. The molecule has 2 heterocycles. The second-order valence-electron chi connectivity index (χ2n) is 8.92. The summed E-state index contributed by atoms with van der Waals surface area (Å²) in [6, 6.07) is 7.62. The molecular formula is C24H25F3N4O. The number of hydrogen-bond donors (Lipinski definition) is 1. The molecule has 8 heteroatoms. The first-order valence-electron chi connectivity index (χ1n) is 10.4. The first kappa shape index (κ1) is 22.0. The lowest BCUT2D eigenvalue weighted by Crippen LogP contribution is -2.33. The highest BCUT2D eigenvalue weighted by Crippen LogP contribution is 2.44. The van der Waals surface area contributed by atoms with E-state index >= 15 is 0 Å².